The molecule has 0 saturated heterocycles. The summed E-state index contributed by atoms with van der Waals surface area (Å²) in [5, 5.41) is 5.89. The molecular formula is C22H26N2O3. The van der Waals surface area contributed by atoms with Gasteiger partial charge in [-0.25, -0.2) is 0 Å². The second-order valence-electron chi connectivity index (χ2n) is 6.98. The fraction of sp³-hybridized carbons (Fsp3) is 0.364. The highest BCUT2D eigenvalue weighted by molar-refractivity contribution is 5.92. The van der Waals surface area contributed by atoms with E-state index in [1.165, 1.54) is 0 Å². The van der Waals surface area contributed by atoms with E-state index in [4.69, 9.17) is 4.74 Å². The molecule has 1 aliphatic carbocycles. The molecule has 5 nitrogen and oxygen atoms in total. The number of amides is 2. The van der Waals surface area contributed by atoms with Gasteiger partial charge in [0.05, 0.1) is 18.9 Å². The van der Waals surface area contributed by atoms with E-state index in [-0.39, 0.29) is 23.7 Å². The maximum absolute atomic E-state index is 12.3. The molecule has 2 unspecified atom stereocenters. The van der Waals surface area contributed by atoms with Gasteiger partial charge in [-0.2, -0.15) is 0 Å². The highest BCUT2D eigenvalue weighted by Crippen LogP contribution is 2.38. The molecule has 0 bridgehead atoms. The molecule has 0 radical (unpaired) electrons. The summed E-state index contributed by atoms with van der Waals surface area (Å²) in [6, 6.07) is 15.8. The Labute approximate surface area is 160 Å². The molecule has 2 aromatic carbocycles. The molecule has 142 valence electrons. The molecule has 5 heteroatoms. The second kappa shape index (κ2) is 8.71. The van der Waals surface area contributed by atoms with Crippen LogP contribution in [0.5, 0.6) is 5.75 Å². The van der Waals surface area contributed by atoms with Crippen molar-refractivity contribution in [3.8, 4) is 5.75 Å². The molecule has 2 amide bonds. The van der Waals surface area contributed by atoms with E-state index in [1.54, 1.807) is 7.11 Å². The van der Waals surface area contributed by atoms with E-state index < -0.39 is 0 Å². The number of benzene rings is 2. The fourth-order valence-electron chi connectivity index (χ4n) is 3.15. The average molecular weight is 366 g/mol. The third kappa shape index (κ3) is 5.09. The standard InChI is InChI=1S/C22H26N2O3/c1-15-5-3-4-6-17(15)14-24-22(26)20-13-19(20)21(25)23-12-11-16-7-9-18(27-2)10-8-16/h3-10,19-20H,11-14H2,1-2H3,(H,23,25)(H,24,26). The third-order valence-electron chi connectivity index (χ3n) is 5.05. The van der Waals surface area contributed by atoms with Crippen LogP contribution >= 0.6 is 0 Å². The van der Waals surface area contributed by atoms with Crippen molar-refractivity contribution >= 4 is 11.8 Å². The van der Waals surface area contributed by atoms with E-state index in [0.717, 1.165) is 28.9 Å². The van der Waals surface area contributed by atoms with Gasteiger partial charge in [0.1, 0.15) is 5.75 Å². The Morgan fingerprint density at radius 2 is 1.67 bits per heavy atom. The van der Waals surface area contributed by atoms with E-state index in [9.17, 15) is 9.59 Å². The van der Waals surface area contributed by atoms with Crippen LogP contribution in [0.15, 0.2) is 48.5 Å². The number of carbonyl (C=O) groups is 2. The summed E-state index contributed by atoms with van der Waals surface area (Å²) in [6.07, 6.45) is 1.39. The van der Waals surface area contributed by atoms with E-state index in [0.29, 0.717) is 19.5 Å². The molecule has 0 aliphatic heterocycles. The van der Waals surface area contributed by atoms with Gasteiger partial charge in [-0.15, -0.1) is 0 Å². The molecule has 3 rings (SSSR count). The number of methoxy groups -OCH3 is 1. The van der Waals surface area contributed by atoms with E-state index in [2.05, 4.69) is 10.6 Å². The van der Waals surface area contributed by atoms with Crippen LogP contribution < -0.4 is 15.4 Å². The largest absolute Gasteiger partial charge is 0.497 e. The van der Waals surface area contributed by atoms with Crippen LogP contribution in [0.3, 0.4) is 0 Å². The van der Waals surface area contributed by atoms with Gasteiger partial charge < -0.3 is 15.4 Å². The van der Waals surface area contributed by atoms with Crippen LogP contribution in [0.4, 0.5) is 0 Å². The Balaban J connectivity index is 1.38. The molecule has 27 heavy (non-hydrogen) atoms. The van der Waals surface area contributed by atoms with Crippen molar-refractivity contribution in [2.75, 3.05) is 13.7 Å². The van der Waals surface area contributed by atoms with Crippen molar-refractivity contribution in [3.05, 3.63) is 65.2 Å². The normalized spacial score (nSPS) is 17.9. The van der Waals surface area contributed by atoms with Crippen molar-refractivity contribution in [3.63, 3.8) is 0 Å². The van der Waals surface area contributed by atoms with Crippen LogP contribution in [0.25, 0.3) is 0 Å². The molecule has 1 saturated carbocycles. The number of rotatable bonds is 8. The molecule has 0 spiro atoms. The number of hydrogen-bond acceptors (Lipinski definition) is 3. The van der Waals surface area contributed by atoms with Crippen LogP contribution in [-0.4, -0.2) is 25.5 Å². The van der Waals surface area contributed by atoms with Gasteiger partial charge in [-0.05, 0) is 48.6 Å². The molecule has 2 aromatic rings. The molecule has 0 heterocycles. The highest BCUT2D eigenvalue weighted by atomic mass is 16.5. The number of aryl methyl sites for hydroxylation is 1. The summed E-state index contributed by atoms with van der Waals surface area (Å²) in [7, 11) is 1.64. The lowest BCUT2D eigenvalue weighted by molar-refractivity contribution is -0.127. The first kappa shape index (κ1) is 19.0. The zero-order valence-electron chi connectivity index (χ0n) is 15.8. The summed E-state index contributed by atoms with van der Waals surface area (Å²) in [5.74, 6) is 0.362. The lowest BCUT2D eigenvalue weighted by atomic mass is 10.1. The minimum atomic E-state index is -0.199. The number of hydrogen-bond donors (Lipinski definition) is 2. The molecule has 2 N–H and O–H groups in total. The van der Waals surface area contributed by atoms with Crippen molar-refractivity contribution in [1.82, 2.24) is 10.6 Å². The van der Waals surface area contributed by atoms with Crippen LogP contribution in [-0.2, 0) is 22.6 Å². The minimum absolute atomic E-state index is 0.0282. The van der Waals surface area contributed by atoms with Crippen LogP contribution in [0.2, 0.25) is 0 Å². The summed E-state index contributed by atoms with van der Waals surface area (Å²) < 4.78 is 5.13. The maximum Gasteiger partial charge on any atom is 0.224 e. The molecule has 0 aromatic heterocycles. The second-order valence-corrected chi connectivity index (χ2v) is 6.98. The maximum atomic E-state index is 12.3. The average Bonchev–Trinajstić information content (AvgIpc) is 3.49. The van der Waals surface area contributed by atoms with Gasteiger partial charge in [0.2, 0.25) is 11.8 Å². The Kier molecular flexibility index (Phi) is 6.12. The summed E-state index contributed by atoms with van der Waals surface area (Å²) in [5.41, 5.74) is 3.40. The van der Waals surface area contributed by atoms with Crippen molar-refractivity contribution < 1.29 is 14.3 Å². The Bertz CT molecular complexity index is 801. The Morgan fingerprint density at radius 1 is 1.00 bits per heavy atom. The first-order chi connectivity index (χ1) is 13.1. The van der Waals surface area contributed by atoms with Crippen LogP contribution in [0, 0.1) is 18.8 Å². The van der Waals surface area contributed by atoms with Crippen LogP contribution in [0.1, 0.15) is 23.1 Å². The number of carbonyl (C=O) groups excluding carboxylic acids is 2. The molecule has 1 aliphatic rings. The zero-order valence-corrected chi connectivity index (χ0v) is 15.8. The molecule has 1 fully saturated rings. The smallest absolute Gasteiger partial charge is 0.224 e. The SMILES string of the molecule is COc1ccc(CCNC(=O)C2CC2C(=O)NCc2ccccc2C)cc1. The van der Waals surface area contributed by atoms with Crippen molar-refractivity contribution in [2.24, 2.45) is 11.8 Å². The lowest BCUT2D eigenvalue weighted by Crippen LogP contribution is -2.31. The summed E-state index contributed by atoms with van der Waals surface area (Å²) >= 11 is 0. The summed E-state index contributed by atoms with van der Waals surface area (Å²) in [4.78, 5) is 24.5. The van der Waals surface area contributed by atoms with E-state index in [1.807, 2.05) is 55.5 Å². The van der Waals surface area contributed by atoms with Gasteiger partial charge in [-0.1, -0.05) is 36.4 Å². The minimum Gasteiger partial charge on any atom is -0.497 e. The lowest BCUT2D eigenvalue weighted by Gasteiger charge is -2.08. The van der Waals surface area contributed by atoms with Crippen molar-refractivity contribution in [1.29, 1.82) is 0 Å². The highest BCUT2D eigenvalue weighted by Gasteiger charge is 2.47. The number of nitrogens with one attached hydrogen (secondary N) is 2. The topological polar surface area (TPSA) is 67.4 Å². The zero-order chi connectivity index (χ0) is 19.2. The number of ether oxygens (including phenoxy) is 1. The third-order valence-corrected chi connectivity index (χ3v) is 5.05. The first-order valence-corrected chi connectivity index (χ1v) is 9.31. The van der Waals surface area contributed by atoms with Crippen molar-refractivity contribution in [2.45, 2.75) is 26.3 Å². The first-order valence-electron chi connectivity index (χ1n) is 9.31. The quantitative estimate of drug-likeness (QED) is 0.755. The Hall–Kier alpha value is -2.82. The van der Waals surface area contributed by atoms with Gasteiger partial charge in [-0.3, -0.25) is 9.59 Å². The van der Waals surface area contributed by atoms with Gasteiger partial charge >= 0.3 is 0 Å². The van der Waals surface area contributed by atoms with Gasteiger partial charge in [0.15, 0.2) is 0 Å². The monoisotopic (exact) mass is 366 g/mol. The molecular weight excluding hydrogens is 340 g/mol. The molecule has 2 atom stereocenters. The Morgan fingerprint density at radius 3 is 2.33 bits per heavy atom. The van der Waals surface area contributed by atoms with Gasteiger partial charge in [0, 0.05) is 13.1 Å². The van der Waals surface area contributed by atoms with Gasteiger partial charge in [0.25, 0.3) is 0 Å². The fourth-order valence-corrected chi connectivity index (χ4v) is 3.15. The predicted octanol–water partition coefficient (Wildman–Crippen LogP) is 2.61. The predicted molar refractivity (Wildman–Crippen MR) is 104 cm³/mol. The summed E-state index contributed by atoms with van der Waals surface area (Å²) in [6.45, 7) is 3.10. The van der Waals surface area contributed by atoms with E-state index >= 15 is 0 Å².